The van der Waals surface area contributed by atoms with E-state index in [4.69, 9.17) is 0 Å². The number of methoxy groups -OCH3 is 1. The molecule has 1 heterocycles. The Hall–Kier alpha value is -1.03. The second-order valence-corrected chi connectivity index (χ2v) is 3.85. The van der Waals surface area contributed by atoms with Crippen molar-refractivity contribution in [2.24, 2.45) is 0 Å². The molecule has 1 unspecified atom stereocenters. The van der Waals surface area contributed by atoms with Crippen LogP contribution in [-0.4, -0.2) is 19.2 Å². The first-order valence-corrected chi connectivity index (χ1v) is 4.97. The van der Waals surface area contributed by atoms with E-state index in [-0.39, 0.29) is 12.1 Å². The normalized spacial score (nSPS) is 12.2. The van der Waals surface area contributed by atoms with Crippen LogP contribution in [0.3, 0.4) is 0 Å². The van der Waals surface area contributed by atoms with E-state index in [1.54, 1.807) is 11.3 Å². The molecule has 1 atom stereocenters. The van der Waals surface area contributed by atoms with Gasteiger partial charge in [0.2, 0.25) is 0 Å². The molecule has 0 radical (unpaired) electrons. The smallest absolute Gasteiger partial charge is 0.407 e. The summed E-state index contributed by atoms with van der Waals surface area (Å²) >= 11 is 1.69. The number of hydrogen-bond acceptors (Lipinski definition) is 3. The van der Waals surface area contributed by atoms with E-state index in [0.29, 0.717) is 0 Å². The number of alkyl carbamates (subject to hydrolysis) is 1. The monoisotopic (exact) mass is 199 g/mol. The Morgan fingerprint density at radius 1 is 1.77 bits per heavy atom. The lowest BCUT2D eigenvalue weighted by molar-refractivity contribution is 0.167. The molecule has 13 heavy (non-hydrogen) atoms. The van der Waals surface area contributed by atoms with E-state index in [1.165, 1.54) is 12.0 Å². The third kappa shape index (κ3) is 3.46. The minimum absolute atomic E-state index is 0.117. The second-order valence-electron chi connectivity index (χ2n) is 2.82. The molecule has 72 valence electrons. The number of hydrogen-bond donors (Lipinski definition) is 1. The summed E-state index contributed by atoms with van der Waals surface area (Å²) in [6.45, 7) is 1.96. The fraction of sp³-hybridized carbons (Fsp3) is 0.444. The molecular weight excluding hydrogens is 186 g/mol. The maximum atomic E-state index is 10.8. The van der Waals surface area contributed by atoms with Gasteiger partial charge in [-0.2, -0.15) is 0 Å². The van der Waals surface area contributed by atoms with Crippen molar-refractivity contribution in [3.8, 4) is 0 Å². The van der Waals surface area contributed by atoms with Gasteiger partial charge in [0.25, 0.3) is 0 Å². The predicted octanol–water partition coefficient (Wildman–Crippen LogP) is 2.04. The van der Waals surface area contributed by atoms with Crippen LogP contribution in [0.1, 0.15) is 11.8 Å². The molecule has 0 aromatic carbocycles. The number of thiophene rings is 1. The summed E-state index contributed by atoms with van der Waals surface area (Å²) in [5, 5.41) is 4.74. The van der Waals surface area contributed by atoms with Crippen molar-refractivity contribution >= 4 is 17.4 Å². The standard InChI is InChI=1S/C9H13NO2S/c1-7(10-9(11)12-2)6-8-4-3-5-13-8/h3-5,7H,6H2,1-2H3,(H,10,11). The highest BCUT2D eigenvalue weighted by atomic mass is 32.1. The number of nitrogens with one attached hydrogen (secondary N) is 1. The summed E-state index contributed by atoms with van der Waals surface area (Å²) in [5.74, 6) is 0. The van der Waals surface area contributed by atoms with Crippen molar-refractivity contribution in [1.29, 1.82) is 0 Å². The van der Waals surface area contributed by atoms with E-state index in [9.17, 15) is 4.79 Å². The highest BCUT2D eigenvalue weighted by molar-refractivity contribution is 7.09. The number of carbonyl (C=O) groups excluding carboxylic acids is 1. The molecule has 0 aliphatic rings. The van der Waals surface area contributed by atoms with Crippen molar-refractivity contribution in [2.75, 3.05) is 7.11 Å². The highest BCUT2D eigenvalue weighted by Gasteiger charge is 2.07. The van der Waals surface area contributed by atoms with Crippen LogP contribution >= 0.6 is 11.3 Å². The van der Waals surface area contributed by atoms with E-state index in [0.717, 1.165) is 6.42 Å². The first-order valence-electron chi connectivity index (χ1n) is 4.09. The number of rotatable bonds is 3. The average Bonchev–Trinajstić information content (AvgIpc) is 2.56. The fourth-order valence-corrected chi connectivity index (χ4v) is 1.88. The molecule has 1 aromatic heterocycles. The lowest BCUT2D eigenvalue weighted by Crippen LogP contribution is -2.33. The van der Waals surface area contributed by atoms with Crippen LogP contribution in [0.2, 0.25) is 0 Å². The molecular formula is C9H13NO2S. The van der Waals surface area contributed by atoms with Crippen molar-refractivity contribution in [3.63, 3.8) is 0 Å². The Kier molecular flexibility index (Phi) is 3.76. The number of ether oxygens (including phenoxy) is 1. The van der Waals surface area contributed by atoms with Gasteiger partial charge in [0, 0.05) is 17.3 Å². The SMILES string of the molecule is COC(=O)NC(C)Cc1cccs1. The summed E-state index contributed by atoms with van der Waals surface area (Å²) in [6.07, 6.45) is 0.483. The van der Waals surface area contributed by atoms with Crippen molar-refractivity contribution in [3.05, 3.63) is 22.4 Å². The van der Waals surface area contributed by atoms with Gasteiger partial charge >= 0.3 is 6.09 Å². The largest absolute Gasteiger partial charge is 0.453 e. The van der Waals surface area contributed by atoms with Gasteiger partial charge in [-0.05, 0) is 18.4 Å². The molecule has 1 rings (SSSR count). The Morgan fingerprint density at radius 2 is 2.54 bits per heavy atom. The number of amides is 1. The fourth-order valence-electron chi connectivity index (χ4n) is 1.04. The van der Waals surface area contributed by atoms with Gasteiger partial charge < -0.3 is 10.1 Å². The Morgan fingerprint density at radius 3 is 3.08 bits per heavy atom. The van der Waals surface area contributed by atoms with Crippen LogP contribution in [0.4, 0.5) is 4.79 Å². The maximum Gasteiger partial charge on any atom is 0.407 e. The highest BCUT2D eigenvalue weighted by Crippen LogP contribution is 2.10. The molecule has 0 bridgehead atoms. The Bertz CT molecular complexity index is 259. The van der Waals surface area contributed by atoms with Gasteiger partial charge in [-0.25, -0.2) is 4.79 Å². The first kappa shape index (κ1) is 10.1. The Balaban J connectivity index is 2.33. The van der Waals surface area contributed by atoms with Crippen LogP contribution in [0.15, 0.2) is 17.5 Å². The lowest BCUT2D eigenvalue weighted by atomic mass is 10.2. The molecule has 3 nitrogen and oxygen atoms in total. The third-order valence-corrected chi connectivity index (χ3v) is 2.54. The van der Waals surface area contributed by atoms with E-state index >= 15 is 0 Å². The number of carbonyl (C=O) groups is 1. The minimum Gasteiger partial charge on any atom is -0.453 e. The van der Waals surface area contributed by atoms with Crippen LogP contribution in [-0.2, 0) is 11.2 Å². The minimum atomic E-state index is -0.371. The van der Waals surface area contributed by atoms with Crippen molar-refractivity contribution in [1.82, 2.24) is 5.32 Å². The maximum absolute atomic E-state index is 10.8. The summed E-state index contributed by atoms with van der Waals surface area (Å²) < 4.78 is 4.49. The van der Waals surface area contributed by atoms with E-state index in [1.807, 2.05) is 18.4 Å². The zero-order valence-electron chi connectivity index (χ0n) is 7.74. The van der Waals surface area contributed by atoms with Gasteiger partial charge in [-0.15, -0.1) is 11.3 Å². The molecule has 4 heteroatoms. The van der Waals surface area contributed by atoms with Gasteiger partial charge in [-0.3, -0.25) is 0 Å². The van der Waals surface area contributed by atoms with Gasteiger partial charge in [0.1, 0.15) is 0 Å². The molecule has 1 amide bonds. The molecule has 0 saturated carbocycles. The summed E-state index contributed by atoms with van der Waals surface area (Å²) in [4.78, 5) is 12.1. The molecule has 0 spiro atoms. The van der Waals surface area contributed by atoms with Crippen LogP contribution < -0.4 is 5.32 Å². The van der Waals surface area contributed by atoms with Gasteiger partial charge in [0.05, 0.1) is 7.11 Å². The second kappa shape index (κ2) is 4.87. The summed E-state index contributed by atoms with van der Waals surface area (Å²) in [5.41, 5.74) is 0. The van der Waals surface area contributed by atoms with E-state index in [2.05, 4.69) is 16.1 Å². The van der Waals surface area contributed by atoms with Gasteiger partial charge in [0.15, 0.2) is 0 Å². The predicted molar refractivity (Wildman–Crippen MR) is 53.0 cm³/mol. The lowest BCUT2D eigenvalue weighted by Gasteiger charge is -2.10. The third-order valence-electron chi connectivity index (χ3n) is 1.64. The molecule has 0 fully saturated rings. The van der Waals surface area contributed by atoms with Crippen LogP contribution in [0, 0.1) is 0 Å². The van der Waals surface area contributed by atoms with Gasteiger partial charge in [-0.1, -0.05) is 6.07 Å². The Labute approximate surface area is 81.7 Å². The van der Waals surface area contributed by atoms with Crippen molar-refractivity contribution in [2.45, 2.75) is 19.4 Å². The summed E-state index contributed by atoms with van der Waals surface area (Å²) in [7, 11) is 1.37. The molecule has 0 aliphatic heterocycles. The zero-order chi connectivity index (χ0) is 9.68. The van der Waals surface area contributed by atoms with E-state index < -0.39 is 0 Å². The van der Waals surface area contributed by atoms with Crippen molar-refractivity contribution < 1.29 is 9.53 Å². The molecule has 0 aliphatic carbocycles. The zero-order valence-corrected chi connectivity index (χ0v) is 8.56. The quantitative estimate of drug-likeness (QED) is 0.809. The summed E-state index contributed by atoms with van der Waals surface area (Å²) in [6, 6.07) is 4.18. The molecule has 0 saturated heterocycles. The van der Waals surface area contributed by atoms with Crippen LogP contribution in [0.25, 0.3) is 0 Å². The molecule has 1 aromatic rings. The molecule has 1 N–H and O–H groups in total. The topological polar surface area (TPSA) is 38.3 Å². The van der Waals surface area contributed by atoms with Crippen LogP contribution in [0.5, 0.6) is 0 Å². The average molecular weight is 199 g/mol. The first-order chi connectivity index (χ1) is 6.22.